The van der Waals surface area contributed by atoms with Gasteiger partial charge in [-0.25, -0.2) is 0 Å². The van der Waals surface area contributed by atoms with Gasteiger partial charge in [-0.15, -0.1) is 0 Å². The molecule has 0 heterocycles. The molecule has 4 aliphatic rings. The van der Waals surface area contributed by atoms with Gasteiger partial charge in [0.15, 0.2) is 0 Å². The number of likely N-dealkylation sites (N-methyl/N-ethyl adjacent to an activating group) is 1. The summed E-state index contributed by atoms with van der Waals surface area (Å²) in [5.41, 5.74) is -0.388. The number of nitrogens with zero attached hydrogens (tertiary/aromatic N) is 2. The molecule has 2 N–H and O–H groups in total. The van der Waals surface area contributed by atoms with Gasteiger partial charge in [-0.1, -0.05) is 19.0 Å². The van der Waals surface area contributed by atoms with Crippen molar-refractivity contribution in [3.63, 3.8) is 0 Å². The molecule has 0 aromatic rings. The van der Waals surface area contributed by atoms with Crippen LogP contribution in [-0.2, 0) is 4.84 Å². The largest absolute Gasteiger partial charge is 0.395 e. The lowest BCUT2D eigenvalue weighted by atomic mass is 9.43. The van der Waals surface area contributed by atoms with Gasteiger partial charge in [0.25, 0.3) is 0 Å². The Labute approximate surface area is 176 Å². The van der Waals surface area contributed by atoms with Gasteiger partial charge < -0.3 is 20.0 Å². The first kappa shape index (κ1) is 21.6. The molecular weight excluding hydrogens is 364 g/mol. The fourth-order valence-corrected chi connectivity index (χ4v) is 7.88. The van der Waals surface area contributed by atoms with Crippen molar-refractivity contribution in [1.82, 2.24) is 4.90 Å². The quantitative estimate of drug-likeness (QED) is 0.415. The second kappa shape index (κ2) is 7.80. The number of aliphatic hydroxyl groups is 2. The van der Waals surface area contributed by atoms with Crippen LogP contribution in [0.25, 0.3) is 0 Å². The molecule has 29 heavy (non-hydrogen) atoms. The van der Waals surface area contributed by atoms with Crippen LogP contribution in [0, 0.1) is 34.5 Å². The Hall–Kier alpha value is -0.650. The van der Waals surface area contributed by atoms with Crippen LogP contribution in [0.4, 0.5) is 0 Å². The maximum absolute atomic E-state index is 12.1. The molecule has 0 radical (unpaired) electrons. The van der Waals surface area contributed by atoms with E-state index in [0.29, 0.717) is 35.7 Å². The first-order chi connectivity index (χ1) is 13.7. The van der Waals surface area contributed by atoms with Crippen molar-refractivity contribution in [1.29, 1.82) is 0 Å². The van der Waals surface area contributed by atoms with E-state index in [1.54, 1.807) is 0 Å². The first-order valence-electron chi connectivity index (χ1n) is 11.9. The minimum atomic E-state index is -0.583. The minimum Gasteiger partial charge on any atom is -0.395 e. The van der Waals surface area contributed by atoms with E-state index in [4.69, 9.17) is 4.84 Å². The Morgan fingerprint density at radius 1 is 1.03 bits per heavy atom. The molecular formula is C24H42N2O3. The fourth-order valence-electron chi connectivity index (χ4n) is 7.88. The van der Waals surface area contributed by atoms with E-state index in [1.807, 2.05) is 20.3 Å². The Kier molecular flexibility index (Phi) is 5.80. The summed E-state index contributed by atoms with van der Waals surface area (Å²) in [6.45, 7) is 6.25. The summed E-state index contributed by atoms with van der Waals surface area (Å²) in [5.74, 6) is 1.92. The van der Waals surface area contributed by atoms with E-state index in [0.717, 1.165) is 51.5 Å². The van der Waals surface area contributed by atoms with E-state index in [-0.39, 0.29) is 11.5 Å². The molecule has 0 aromatic carbocycles. The lowest BCUT2D eigenvalue weighted by Gasteiger charge is -2.63. The van der Waals surface area contributed by atoms with Crippen LogP contribution in [0.15, 0.2) is 5.16 Å². The van der Waals surface area contributed by atoms with Gasteiger partial charge in [0.2, 0.25) is 0 Å². The third-order valence-corrected chi connectivity index (χ3v) is 9.84. The summed E-state index contributed by atoms with van der Waals surface area (Å²) in [7, 11) is 4.07. The van der Waals surface area contributed by atoms with Crippen molar-refractivity contribution in [3.8, 4) is 0 Å². The van der Waals surface area contributed by atoms with Crippen LogP contribution in [0.2, 0.25) is 0 Å². The monoisotopic (exact) mass is 406 g/mol. The predicted molar refractivity (Wildman–Crippen MR) is 116 cm³/mol. The van der Waals surface area contributed by atoms with Gasteiger partial charge >= 0.3 is 0 Å². The summed E-state index contributed by atoms with van der Waals surface area (Å²) in [5, 5.41) is 26.6. The molecule has 4 fully saturated rings. The van der Waals surface area contributed by atoms with Crippen molar-refractivity contribution < 1.29 is 15.1 Å². The Morgan fingerprint density at radius 3 is 2.59 bits per heavy atom. The van der Waals surface area contributed by atoms with Crippen molar-refractivity contribution in [2.45, 2.75) is 83.3 Å². The third kappa shape index (κ3) is 3.45. The molecule has 0 aliphatic heterocycles. The number of rotatable bonds is 5. The van der Waals surface area contributed by atoms with Crippen LogP contribution < -0.4 is 0 Å². The molecule has 4 saturated carbocycles. The molecule has 4 aliphatic carbocycles. The second-order valence-corrected chi connectivity index (χ2v) is 11.3. The third-order valence-electron chi connectivity index (χ3n) is 9.84. The molecule has 166 valence electrons. The number of oxime groups is 1. The molecule has 5 nitrogen and oxygen atoms in total. The Bertz CT molecular complexity index is 625. The van der Waals surface area contributed by atoms with Crippen molar-refractivity contribution in [2.24, 2.45) is 39.7 Å². The van der Waals surface area contributed by atoms with E-state index < -0.39 is 5.60 Å². The number of hydrogen-bond acceptors (Lipinski definition) is 5. The van der Waals surface area contributed by atoms with Crippen molar-refractivity contribution in [2.75, 3.05) is 27.2 Å². The molecule has 0 spiro atoms. The van der Waals surface area contributed by atoms with Gasteiger partial charge in [-0.2, -0.15) is 0 Å². The Morgan fingerprint density at radius 2 is 1.83 bits per heavy atom. The van der Waals surface area contributed by atoms with Gasteiger partial charge in [0, 0.05) is 24.1 Å². The summed E-state index contributed by atoms with van der Waals surface area (Å²) in [4.78, 5) is 7.58. The first-order valence-corrected chi connectivity index (χ1v) is 11.9. The van der Waals surface area contributed by atoms with E-state index in [2.05, 4.69) is 23.9 Å². The normalized spacial score (nSPS) is 49.7. The maximum atomic E-state index is 12.1. The zero-order chi connectivity index (χ0) is 20.9. The fraction of sp³-hybridized carbons (Fsp3) is 0.958. The highest BCUT2D eigenvalue weighted by Crippen LogP contribution is 2.68. The second-order valence-electron chi connectivity index (χ2n) is 11.3. The summed E-state index contributed by atoms with van der Waals surface area (Å²) in [6, 6.07) is 0. The van der Waals surface area contributed by atoms with Gasteiger partial charge in [-0.3, -0.25) is 0 Å². The predicted octanol–water partition coefficient (Wildman–Crippen LogP) is 3.69. The van der Waals surface area contributed by atoms with Crippen molar-refractivity contribution >= 4 is 6.21 Å². The lowest BCUT2D eigenvalue weighted by molar-refractivity contribution is -0.206. The summed E-state index contributed by atoms with van der Waals surface area (Å²) < 4.78 is 0. The lowest BCUT2D eigenvalue weighted by Crippen LogP contribution is -2.62. The standard InChI is InChI=1S/C24H42N2O3/c1-22-10-8-19(27)15-17(22)5-6-21-20(22)9-11-23(2)18(7-12-24(21,23)28)16-25-29-14-13-26(3)4/h16-21,27-28H,5-15H2,1-4H3/t17?,18?,19?,20-,21-,22+,23-,24-/m1/s1. The molecule has 0 aromatic heterocycles. The highest BCUT2D eigenvalue weighted by Gasteiger charge is 2.66. The molecule has 0 saturated heterocycles. The minimum absolute atomic E-state index is 0.0973. The van der Waals surface area contributed by atoms with E-state index in [1.165, 1.54) is 12.8 Å². The highest BCUT2D eigenvalue weighted by molar-refractivity contribution is 5.63. The van der Waals surface area contributed by atoms with Crippen LogP contribution in [0.5, 0.6) is 0 Å². The van der Waals surface area contributed by atoms with Gasteiger partial charge in [-0.05, 0) is 95.1 Å². The summed E-state index contributed by atoms with van der Waals surface area (Å²) >= 11 is 0. The SMILES string of the molecule is CN(C)CCON=CC1CC[C@@]2(O)[C@@H]3CCC4CC(O)CC[C@]4(C)[C@@H]3CC[C@]12C. The average molecular weight is 407 g/mol. The number of fused-ring (bicyclic) bond motifs is 5. The molecule has 3 unspecified atom stereocenters. The van der Waals surface area contributed by atoms with Crippen LogP contribution >= 0.6 is 0 Å². The van der Waals surface area contributed by atoms with Crippen LogP contribution in [0.1, 0.15) is 71.6 Å². The zero-order valence-electron chi connectivity index (χ0n) is 18.9. The molecule has 5 heteroatoms. The van der Waals surface area contributed by atoms with Gasteiger partial charge in [0.1, 0.15) is 6.61 Å². The van der Waals surface area contributed by atoms with E-state index >= 15 is 0 Å². The molecule has 4 rings (SSSR count). The smallest absolute Gasteiger partial charge is 0.129 e. The number of hydrogen-bond donors (Lipinski definition) is 2. The summed E-state index contributed by atoms with van der Waals surface area (Å²) in [6.07, 6.45) is 11.4. The highest BCUT2D eigenvalue weighted by atomic mass is 16.6. The zero-order valence-corrected chi connectivity index (χ0v) is 18.9. The molecule has 0 bridgehead atoms. The molecule has 8 atom stereocenters. The van der Waals surface area contributed by atoms with Crippen molar-refractivity contribution in [3.05, 3.63) is 0 Å². The van der Waals surface area contributed by atoms with Crippen LogP contribution in [-0.4, -0.2) is 60.3 Å². The molecule has 0 amide bonds. The maximum Gasteiger partial charge on any atom is 0.129 e. The number of aliphatic hydroxyl groups excluding tert-OH is 1. The van der Waals surface area contributed by atoms with Gasteiger partial charge in [0.05, 0.1) is 11.7 Å². The Balaban J connectivity index is 1.49. The van der Waals surface area contributed by atoms with Crippen LogP contribution in [0.3, 0.4) is 0 Å². The average Bonchev–Trinajstić information content (AvgIpc) is 2.93. The van der Waals surface area contributed by atoms with E-state index in [9.17, 15) is 10.2 Å². The topological polar surface area (TPSA) is 65.3 Å².